The number of benzene rings is 1. The highest BCUT2D eigenvalue weighted by molar-refractivity contribution is 5.98. The lowest BCUT2D eigenvalue weighted by Crippen LogP contribution is -2.51. The van der Waals surface area contributed by atoms with Gasteiger partial charge in [-0.05, 0) is 87.6 Å². The van der Waals surface area contributed by atoms with Gasteiger partial charge in [-0.25, -0.2) is 27.5 Å². The van der Waals surface area contributed by atoms with Crippen LogP contribution in [0.2, 0.25) is 0 Å². The van der Waals surface area contributed by atoms with Crippen LogP contribution in [0.25, 0.3) is 33.6 Å². The molecule has 5 aliphatic rings. The number of nitrogens with two attached hydrogens (primary N) is 1. The summed E-state index contributed by atoms with van der Waals surface area (Å²) < 4.78 is 65.6. The number of carbonyl (C=O) groups excluding carboxylic acids is 2. The molecule has 4 fully saturated rings. The minimum atomic E-state index is -3.13. The molecule has 13 heteroatoms. The van der Waals surface area contributed by atoms with Gasteiger partial charge in [-0.2, -0.15) is 0 Å². The van der Waals surface area contributed by atoms with Crippen LogP contribution in [0.1, 0.15) is 86.4 Å². The fraction of sp³-hybridized carbons (Fsp3) is 0.556. The molecule has 1 aromatic carbocycles. The second-order valence-corrected chi connectivity index (χ2v) is 15.1. The molecule has 49 heavy (non-hydrogen) atoms. The average molecular weight is 678 g/mol. The number of nitrogens with zero attached hydrogens (tertiary/aromatic N) is 5. The summed E-state index contributed by atoms with van der Waals surface area (Å²) in [5.74, 6) is -3.81. The van der Waals surface area contributed by atoms with E-state index in [1.165, 1.54) is 21.3 Å². The van der Waals surface area contributed by atoms with E-state index in [-0.39, 0.29) is 88.8 Å². The number of alkyl halides is 3. The van der Waals surface area contributed by atoms with E-state index in [1.54, 1.807) is 23.1 Å². The maximum Gasteiger partial charge on any atom is 0.265 e. The van der Waals surface area contributed by atoms with E-state index < -0.39 is 36.5 Å². The van der Waals surface area contributed by atoms with Crippen molar-refractivity contribution in [3.05, 3.63) is 47.4 Å². The summed E-state index contributed by atoms with van der Waals surface area (Å²) in [7, 11) is 0. The van der Waals surface area contributed by atoms with Gasteiger partial charge in [0, 0.05) is 48.3 Å². The molecule has 0 spiro atoms. The molecule has 3 aliphatic carbocycles. The Kier molecular flexibility index (Phi) is 6.96. The summed E-state index contributed by atoms with van der Waals surface area (Å²) in [5.41, 5.74) is 7.71. The molecule has 258 valence electrons. The van der Waals surface area contributed by atoms with Crippen LogP contribution in [-0.4, -0.2) is 66.5 Å². The predicted molar refractivity (Wildman–Crippen MR) is 174 cm³/mol. The Labute approximate surface area is 280 Å². The maximum atomic E-state index is 16.2. The number of pyridine rings is 1. The van der Waals surface area contributed by atoms with E-state index >= 15 is 13.2 Å². The molecular formula is C36H39F4N7O2. The Bertz CT molecular complexity index is 2020. The molecule has 5 heterocycles. The van der Waals surface area contributed by atoms with E-state index in [9.17, 15) is 14.0 Å². The number of hydrogen-bond donors (Lipinski definition) is 2. The van der Waals surface area contributed by atoms with Gasteiger partial charge in [0.05, 0.1) is 35.5 Å². The SMILES string of the molecule is C[C@H]1NC(=O)[C@@H]2C[C@H]2CCCC(F)(F)Cn2c(-c3nc4cc(C(=O)N5C[C@H](N)[C@@H]6CC[C@H]5C6)cc(F)c4n3[C@H]3C[C@H]3F)cc3ccc1nc32. The second-order valence-electron chi connectivity index (χ2n) is 15.1. The molecule has 8 atom stereocenters. The van der Waals surface area contributed by atoms with E-state index in [0.29, 0.717) is 36.4 Å². The topological polar surface area (TPSA) is 111 Å². The lowest BCUT2D eigenvalue weighted by molar-refractivity contribution is -0.123. The zero-order valence-corrected chi connectivity index (χ0v) is 27.2. The number of carbonyl (C=O) groups is 2. The van der Waals surface area contributed by atoms with Gasteiger partial charge in [0.15, 0.2) is 5.82 Å². The molecule has 4 aromatic rings. The second kappa shape index (κ2) is 11.0. The van der Waals surface area contributed by atoms with Gasteiger partial charge in [0.2, 0.25) is 5.91 Å². The quantitative estimate of drug-likeness (QED) is 0.256. The first kappa shape index (κ1) is 31.0. The maximum absolute atomic E-state index is 16.2. The molecule has 9 rings (SSSR count). The molecule has 3 N–H and O–H groups in total. The van der Waals surface area contributed by atoms with Crippen molar-refractivity contribution in [2.45, 2.75) is 101 Å². The Hall–Kier alpha value is -4.00. The first-order valence-electron chi connectivity index (χ1n) is 17.6. The smallest absolute Gasteiger partial charge is 0.265 e. The molecule has 4 bridgehead atoms. The molecule has 2 amide bonds. The zero-order chi connectivity index (χ0) is 33.9. The third kappa shape index (κ3) is 5.21. The number of rotatable bonds is 3. The summed E-state index contributed by atoms with van der Waals surface area (Å²) in [4.78, 5) is 37.9. The van der Waals surface area contributed by atoms with Gasteiger partial charge >= 0.3 is 0 Å². The summed E-state index contributed by atoms with van der Waals surface area (Å²) in [6.07, 6.45) is 2.64. The third-order valence-electron chi connectivity index (χ3n) is 11.7. The number of aromatic nitrogens is 4. The van der Waals surface area contributed by atoms with Crippen molar-refractivity contribution in [3.8, 4) is 11.5 Å². The van der Waals surface area contributed by atoms with Crippen LogP contribution in [-0.2, 0) is 11.3 Å². The van der Waals surface area contributed by atoms with Gasteiger partial charge in [-0.15, -0.1) is 0 Å². The van der Waals surface area contributed by atoms with Crippen LogP contribution in [0.5, 0.6) is 0 Å². The fourth-order valence-electron chi connectivity index (χ4n) is 8.78. The van der Waals surface area contributed by atoms with E-state index in [0.717, 1.165) is 19.3 Å². The Morgan fingerprint density at radius 1 is 1.06 bits per heavy atom. The monoisotopic (exact) mass is 677 g/mol. The van der Waals surface area contributed by atoms with Gasteiger partial charge in [0.25, 0.3) is 11.8 Å². The van der Waals surface area contributed by atoms with Crippen LogP contribution >= 0.6 is 0 Å². The number of hydrogen-bond acceptors (Lipinski definition) is 5. The molecule has 2 aliphatic heterocycles. The Morgan fingerprint density at radius 2 is 1.88 bits per heavy atom. The molecular weight excluding hydrogens is 638 g/mol. The minimum absolute atomic E-state index is 0.0302. The summed E-state index contributed by atoms with van der Waals surface area (Å²) in [6.45, 7) is 1.51. The van der Waals surface area contributed by atoms with E-state index in [4.69, 9.17) is 15.7 Å². The molecule has 9 nitrogen and oxygen atoms in total. The summed E-state index contributed by atoms with van der Waals surface area (Å²) >= 11 is 0. The third-order valence-corrected chi connectivity index (χ3v) is 11.7. The minimum Gasteiger partial charge on any atom is -0.348 e. The van der Waals surface area contributed by atoms with Gasteiger partial charge in [-0.1, -0.05) is 0 Å². The first-order valence-corrected chi connectivity index (χ1v) is 17.6. The van der Waals surface area contributed by atoms with Crippen molar-refractivity contribution in [1.29, 1.82) is 0 Å². The molecule has 3 aromatic heterocycles. The van der Waals surface area contributed by atoms with E-state index in [1.807, 2.05) is 6.92 Å². The lowest BCUT2D eigenvalue weighted by Gasteiger charge is -2.37. The Morgan fingerprint density at radius 3 is 2.67 bits per heavy atom. The van der Waals surface area contributed by atoms with Crippen LogP contribution in [0.4, 0.5) is 17.6 Å². The predicted octanol–water partition coefficient (Wildman–Crippen LogP) is 6.06. The van der Waals surface area contributed by atoms with Crippen molar-refractivity contribution in [2.75, 3.05) is 6.54 Å². The number of fused-ring (bicyclic) bond motifs is 5. The van der Waals surface area contributed by atoms with Crippen LogP contribution < -0.4 is 11.1 Å². The first-order chi connectivity index (χ1) is 23.5. The van der Waals surface area contributed by atoms with Crippen molar-refractivity contribution in [1.82, 2.24) is 29.3 Å². The number of halogens is 4. The van der Waals surface area contributed by atoms with Crippen molar-refractivity contribution >= 4 is 33.9 Å². The van der Waals surface area contributed by atoms with Crippen LogP contribution in [0, 0.1) is 23.6 Å². The largest absolute Gasteiger partial charge is 0.348 e. The van der Waals surface area contributed by atoms with Crippen molar-refractivity contribution in [2.24, 2.45) is 23.5 Å². The molecule has 3 saturated carbocycles. The average Bonchev–Trinajstić information content (AvgIpc) is 3.84. The number of nitrogens with one attached hydrogen (secondary N) is 1. The van der Waals surface area contributed by atoms with Gasteiger partial charge in [-0.3, -0.25) is 9.59 Å². The number of piperidine rings is 1. The standard InChI is InChI=1S/C36H39F4N7O2/c1-17-27-7-5-20-13-30(46(32(20)43-27)16-36(39,40)8-2-3-18-10-23(18)34(48)42-17)33-44-28-12-21(11-25(38)31(28)47(33)29-14-24(29)37)35(49)45-15-26(41)19-4-6-22(45)9-19/h5,7,11-13,17-19,22-24,26,29H,2-4,6,8-10,14-16,41H2,1H3,(H,42,48)/t17-,18-,19-,22+,23-,24-,26+,29+/m1/s1. The highest BCUT2D eigenvalue weighted by atomic mass is 19.3. The van der Waals surface area contributed by atoms with Crippen LogP contribution in [0.3, 0.4) is 0 Å². The lowest BCUT2D eigenvalue weighted by atomic mass is 9.94. The molecule has 1 saturated heterocycles. The number of likely N-dealkylation sites (tertiary alicyclic amines) is 1. The van der Waals surface area contributed by atoms with Crippen LogP contribution in [0.15, 0.2) is 30.3 Å². The summed E-state index contributed by atoms with van der Waals surface area (Å²) in [5, 5.41) is 3.59. The van der Waals surface area contributed by atoms with Crippen molar-refractivity contribution < 1.29 is 27.2 Å². The highest BCUT2D eigenvalue weighted by Gasteiger charge is 2.46. The van der Waals surface area contributed by atoms with Gasteiger partial charge in [0.1, 0.15) is 23.2 Å². The highest BCUT2D eigenvalue weighted by Crippen LogP contribution is 2.47. The van der Waals surface area contributed by atoms with E-state index in [2.05, 4.69) is 5.32 Å². The summed E-state index contributed by atoms with van der Waals surface area (Å²) in [6, 6.07) is 6.63. The van der Waals surface area contributed by atoms with Crippen molar-refractivity contribution in [3.63, 3.8) is 0 Å². The molecule has 0 unspecified atom stereocenters. The fourth-order valence-corrected chi connectivity index (χ4v) is 8.78. The Balaban J connectivity index is 1.17. The number of amides is 2. The normalized spacial score (nSPS) is 32.3. The zero-order valence-electron chi connectivity index (χ0n) is 27.2. The van der Waals surface area contributed by atoms with Gasteiger partial charge < -0.3 is 25.1 Å². The number of imidazole rings is 1. The molecule has 0 radical (unpaired) electrons.